The lowest BCUT2D eigenvalue weighted by Gasteiger charge is -2.26. The Kier molecular flexibility index (Phi) is 8.77. The molecule has 1 atom stereocenters. The van der Waals surface area contributed by atoms with E-state index >= 15 is 0 Å². The number of hydrogen-bond donors (Lipinski definition) is 1. The molecule has 0 aromatic rings. The lowest BCUT2D eigenvalue weighted by Crippen LogP contribution is -2.53. The number of ether oxygens (including phenoxy) is 2. The number of hydrazine groups is 1. The first kappa shape index (κ1) is 17.6. The lowest BCUT2D eigenvalue weighted by molar-refractivity contribution is -0.115. The van der Waals surface area contributed by atoms with Crippen LogP contribution in [0.1, 0.15) is 27.7 Å². The van der Waals surface area contributed by atoms with Gasteiger partial charge in [-0.3, -0.25) is 4.79 Å². The highest BCUT2D eigenvalue weighted by Gasteiger charge is 2.29. The van der Waals surface area contributed by atoms with Crippen molar-refractivity contribution in [1.82, 2.24) is 10.4 Å². The van der Waals surface area contributed by atoms with Crippen LogP contribution >= 0.6 is 11.8 Å². The summed E-state index contributed by atoms with van der Waals surface area (Å²) >= 11 is 1.06. The summed E-state index contributed by atoms with van der Waals surface area (Å²) < 4.78 is 9.46. The van der Waals surface area contributed by atoms with Gasteiger partial charge in [-0.05, 0) is 26.5 Å². The van der Waals surface area contributed by atoms with Crippen LogP contribution in [0.3, 0.4) is 0 Å². The minimum Gasteiger partial charge on any atom is -0.449 e. The number of nitrogens with one attached hydrogen (secondary N) is 1. The van der Waals surface area contributed by atoms with Gasteiger partial charge in [-0.15, -0.1) is 0 Å². The van der Waals surface area contributed by atoms with Gasteiger partial charge < -0.3 is 9.47 Å². The summed E-state index contributed by atoms with van der Waals surface area (Å²) in [5, 5.41) is 0.597. The molecule has 0 heterocycles. The Bertz CT molecular complexity index is 324. The highest BCUT2D eigenvalue weighted by molar-refractivity contribution is 8.13. The van der Waals surface area contributed by atoms with Gasteiger partial charge in [-0.25, -0.2) is 20.0 Å². The molecule has 0 aromatic heterocycles. The predicted molar refractivity (Wildman–Crippen MR) is 71.6 cm³/mol. The zero-order valence-corrected chi connectivity index (χ0v) is 12.4. The molecule has 0 aliphatic carbocycles. The zero-order valence-electron chi connectivity index (χ0n) is 11.6. The number of amides is 2. The van der Waals surface area contributed by atoms with Crippen LogP contribution < -0.4 is 5.43 Å². The molecule has 1 N–H and O–H groups in total. The maximum Gasteiger partial charge on any atom is 0.429 e. The van der Waals surface area contributed by atoms with E-state index in [1.807, 2.05) is 6.92 Å². The standard InChI is InChI=1S/C11H20N2O5S/c1-5-17-10(15)12-13(11(16)18-6-2)8(4)9(14)19-7-3/h8H,5-7H2,1-4H3,(H,12,15). The van der Waals surface area contributed by atoms with Crippen LogP contribution in [0.15, 0.2) is 0 Å². The molecular formula is C11H20N2O5S. The van der Waals surface area contributed by atoms with Gasteiger partial charge in [-0.1, -0.05) is 18.7 Å². The first-order valence-corrected chi connectivity index (χ1v) is 7.02. The SMILES string of the molecule is CCOC(=O)NN(C(=O)OCC)C(C)C(=O)SCC. The van der Waals surface area contributed by atoms with E-state index in [0.717, 1.165) is 16.8 Å². The van der Waals surface area contributed by atoms with E-state index in [9.17, 15) is 14.4 Å². The monoisotopic (exact) mass is 292 g/mol. The van der Waals surface area contributed by atoms with Gasteiger partial charge in [0.25, 0.3) is 0 Å². The third kappa shape index (κ3) is 6.32. The second-order valence-corrected chi connectivity index (χ2v) is 4.60. The average Bonchev–Trinajstić information content (AvgIpc) is 2.36. The summed E-state index contributed by atoms with van der Waals surface area (Å²) in [6.45, 7) is 6.90. The summed E-state index contributed by atoms with van der Waals surface area (Å²) in [4.78, 5) is 34.8. The van der Waals surface area contributed by atoms with Crippen molar-refractivity contribution in [2.24, 2.45) is 0 Å². The molecule has 2 amide bonds. The van der Waals surface area contributed by atoms with Crippen LogP contribution in [-0.4, -0.2) is 47.3 Å². The van der Waals surface area contributed by atoms with Crippen molar-refractivity contribution in [3.8, 4) is 0 Å². The number of carbonyl (C=O) groups excluding carboxylic acids is 3. The van der Waals surface area contributed by atoms with Gasteiger partial charge in [0.15, 0.2) is 0 Å². The minimum atomic E-state index is -0.839. The molecule has 0 saturated carbocycles. The smallest absolute Gasteiger partial charge is 0.429 e. The van der Waals surface area contributed by atoms with Crippen LogP contribution in [-0.2, 0) is 14.3 Å². The second-order valence-electron chi connectivity index (χ2n) is 3.33. The fourth-order valence-corrected chi connectivity index (χ4v) is 1.75. The molecule has 19 heavy (non-hydrogen) atoms. The summed E-state index contributed by atoms with van der Waals surface area (Å²) in [5.74, 6) is 0.583. The van der Waals surface area contributed by atoms with E-state index in [-0.39, 0.29) is 18.3 Å². The molecule has 110 valence electrons. The fourth-order valence-electron chi connectivity index (χ4n) is 1.12. The Morgan fingerprint density at radius 3 is 2.21 bits per heavy atom. The van der Waals surface area contributed by atoms with Crippen molar-refractivity contribution in [3.05, 3.63) is 0 Å². The number of rotatable bonds is 5. The maximum atomic E-state index is 11.8. The molecule has 0 radical (unpaired) electrons. The second kappa shape index (κ2) is 9.48. The Balaban J connectivity index is 4.79. The summed E-state index contributed by atoms with van der Waals surface area (Å²) in [6.07, 6.45) is -1.61. The number of hydrogen-bond acceptors (Lipinski definition) is 6. The molecule has 0 aromatic carbocycles. The average molecular weight is 292 g/mol. The summed E-state index contributed by atoms with van der Waals surface area (Å²) in [6, 6.07) is -0.839. The molecule has 8 heteroatoms. The molecule has 0 bridgehead atoms. The van der Waals surface area contributed by atoms with E-state index in [0.29, 0.717) is 5.75 Å². The van der Waals surface area contributed by atoms with E-state index in [4.69, 9.17) is 4.74 Å². The first-order valence-electron chi connectivity index (χ1n) is 6.03. The Morgan fingerprint density at radius 2 is 1.74 bits per heavy atom. The molecule has 1 unspecified atom stereocenters. The van der Waals surface area contributed by atoms with Gasteiger partial charge in [0.1, 0.15) is 6.04 Å². The van der Waals surface area contributed by atoms with E-state index in [2.05, 4.69) is 10.2 Å². The molecule has 0 rings (SSSR count). The van der Waals surface area contributed by atoms with Crippen molar-refractivity contribution in [1.29, 1.82) is 0 Å². The van der Waals surface area contributed by atoms with Crippen LogP contribution in [0.4, 0.5) is 9.59 Å². The van der Waals surface area contributed by atoms with Crippen LogP contribution in [0, 0.1) is 0 Å². The van der Waals surface area contributed by atoms with E-state index < -0.39 is 18.2 Å². The van der Waals surface area contributed by atoms with Crippen molar-refractivity contribution >= 4 is 29.1 Å². The molecular weight excluding hydrogens is 272 g/mol. The third-order valence-corrected chi connectivity index (χ3v) is 2.88. The zero-order chi connectivity index (χ0) is 14.8. The third-order valence-electron chi connectivity index (χ3n) is 1.97. The predicted octanol–water partition coefficient (Wildman–Crippen LogP) is 1.77. The van der Waals surface area contributed by atoms with Crippen LogP contribution in [0.25, 0.3) is 0 Å². The van der Waals surface area contributed by atoms with Gasteiger partial charge >= 0.3 is 12.2 Å². The molecule has 0 fully saturated rings. The quantitative estimate of drug-likeness (QED) is 0.777. The molecule has 0 spiro atoms. The van der Waals surface area contributed by atoms with E-state index in [1.165, 1.54) is 6.92 Å². The van der Waals surface area contributed by atoms with Crippen molar-refractivity contribution < 1.29 is 23.9 Å². The fraction of sp³-hybridized carbons (Fsp3) is 0.727. The van der Waals surface area contributed by atoms with Crippen molar-refractivity contribution in [2.75, 3.05) is 19.0 Å². The number of nitrogens with zero attached hydrogens (tertiary/aromatic N) is 1. The normalized spacial score (nSPS) is 11.4. The largest absolute Gasteiger partial charge is 0.449 e. The van der Waals surface area contributed by atoms with Gasteiger partial charge in [0, 0.05) is 0 Å². The minimum absolute atomic E-state index is 0.141. The van der Waals surface area contributed by atoms with Crippen LogP contribution in [0.5, 0.6) is 0 Å². The Morgan fingerprint density at radius 1 is 1.16 bits per heavy atom. The maximum absolute atomic E-state index is 11.8. The molecule has 0 saturated heterocycles. The highest BCUT2D eigenvalue weighted by Crippen LogP contribution is 2.10. The molecule has 0 aliphatic rings. The molecule has 7 nitrogen and oxygen atoms in total. The Labute approximate surface area is 117 Å². The van der Waals surface area contributed by atoms with Crippen LogP contribution in [0.2, 0.25) is 0 Å². The summed E-state index contributed by atoms with van der Waals surface area (Å²) in [7, 11) is 0. The Hall–Kier alpha value is -1.44. The van der Waals surface area contributed by atoms with Gasteiger partial charge in [0.2, 0.25) is 5.12 Å². The number of thioether (sulfide) groups is 1. The van der Waals surface area contributed by atoms with Crippen molar-refractivity contribution in [2.45, 2.75) is 33.7 Å². The molecule has 0 aliphatic heterocycles. The van der Waals surface area contributed by atoms with Crippen molar-refractivity contribution in [3.63, 3.8) is 0 Å². The topological polar surface area (TPSA) is 84.9 Å². The highest BCUT2D eigenvalue weighted by atomic mass is 32.2. The van der Waals surface area contributed by atoms with Gasteiger partial charge in [-0.2, -0.15) is 0 Å². The first-order chi connectivity index (χ1) is 8.97. The number of carbonyl (C=O) groups is 3. The lowest BCUT2D eigenvalue weighted by atomic mass is 10.4. The van der Waals surface area contributed by atoms with Gasteiger partial charge in [0.05, 0.1) is 13.2 Å². The summed E-state index contributed by atoms with van der Waals surface area (Å²) in [5.41, 5.74) is 2.21. The van der Waals surface area contributed by atoms with E-state index in [1.54, 1.807) is 13.8 Å².